The van der Waals surface area contributed by atoms with Gasteiger partial charge in [0.05, 0.1) is 14.2 Å². The molecule has 5 heteroatoms. The summed E-state index contributed by atoms with van der Waals surface area (Å²) in [6.07, 6.45) is -0.157. The Labute approximate surface area is 71.9 Å². The van der Waals surface area contributed by atoms with Gasteiger partial charge >= 0.3 is 6.08 Å². The number of methoxy groups -OCH3 is 2. The van der Waals surface area contributed by atoms with Gasteiger partial charge in [0.25, 0.3) is 0 Å². The molecule has 0 unspecified atom stereocenters. The van der Waals surface area contributed by atoms with E-state index in [0.717, 1.165) is 0 Å². The van der Waals surface area contributed by atoms with Crippen LogP contribution in [0, 0.1) is 5.41 Å². The fraction of sp³-hybridized carbons (Fsp3) is 0.667. The maximum Gasteiger partial charge on any atom is 0.379 e. The van der Waals surface area contributed by atoms with E-state index in [2.05, 4.69) is 46.7 Å². The van der Waals surface area contributed by atoms with Crippen molar-refractivity contribution in [1.82, 2.24) is 0 Å². The first-order valence-corrected chi connectivity index (χ1v) is 7.90. The molecular formula is C3H7I2NO2. The van der Waals surface area contributed by atoms with Gasteiger partial charge < -0.3 is 9.47 Å². The lowest BCUT2D eigenvalue weighted by Crippen LogP contribution is -1.99. The van der Waals surface area contributed by atoms with Gasteiger partial charge in [-0.15, -0.1) is 0 Å². The van der Waals surface area contributed by atoms with E-state index in [-0.39, 0.29) is 6.08 Å². The minimum Gasteiger partial charge on any atom is -0.454 e. The lowest BCUT2D eigenvalue weighted by atomic mass is 11.2. The number of nitrogens with one attached hydrogen (secondary N) is 1. The summed E-state index contributed by atoms with van der Waals surface area (Å²) in [6.45, 7) is 0. The van der Waals surface area contributed by atoms with Crippen molar-refractivity contribution in [2.24, 2.45) is 0 Å². The Hall–Kier alpha value is 0.730. The van der Waals surface area contributed by atoms with Crippen LogP contribution in [0.4, 0.5) is 0 Å². The first-order valence-electron chi connectivity index (χ1n) is 1.62. The topological polar surface area (TPSA) is 42.3 Å². The van der Waals surface area contributed by atoms with Crippen LogP contribution in [0.1, 0.15) is 0 Å². The fourth-order valence-corrected chi connectivity index (χ4v) is 0.0833. The van der Waals surface area contributed by atoms with E-state index in [4.69, 9.17) is 5.41 Å². The van der Waals surface area contributed by atoms with Gasteiger partial charge in [-0.1, -0.05) is 0 Å². The second kappa shape index (κ2) is 10.7. The molecule has 0 saturated carbocycles. The molecule has 0 aliphatic carbocycles. The van der Waals surface area contributed by atoms with Gasteiger partial charge in [0.2, 0.25) is 0 Å². The Morgan fingerprint density at radius 2 is 1.50 bits per heavy atom. The van der Waals surface area contributed by atoms with Crippen LogP contribution >= 0.6 is 37.2 Å². The molecule has 0 aromatic rings. The van der Waals surface area contributed by atoms with Gasteiger partial charge in [0.1, 0.15) is 0 Å². The molecule has 50 valence electrons. The number of rotatable bonds is 0. The molecule has 0 saturated heterocycles. The van der Waals surface area contributed by atoms with E-state index in [1.165, 1.54) is 14.2 Å². The summed E-state index contributed by atoms with van der Waals surface area (Å²) in [4.78, 5) is 0. The quantitative estimate of drug-likeness (QED) is 0.415. The molecule has 8 heavy (non-hydrogen) atoms. The third kappa shape index (κ3) is 9.88. The SMILES string of the molecule is COC(=N)OC.II. The van der Waals surface area contributed by atoms with E-state index in [9.17, 15) is 0 Å². The van der Waals surface area contributed by atoms with Crippen LogP contribution in [0.3, 0.4) is 0 Å². The van der Waals surface area contributed by atoms with E-state index < -0.39 is 0 Å². The molecule has 0 aliphatic rings. The van der Waals surface area contributed by atoms with Crippen LogP contribution in [-0.4, -0.2) is 20.3 Å². The van der Waals surface area contributed by atoms with Crippen LogP contribution in [0.25, 0.3) is 0 Å². The average molecular weight is 343 g/mol. The Morgan fingerprint density at radius 3 is 1.50 bits per heavy atom. The summed E-state index contributed by atoms with van der Waals surface area (Å²) in [5, 5.41) is 6.54. The van der Waals surface area contributed by atoms with Crippen molar-refractivity contribution in [2.45, 2.75) is 0 Å². The first-order chi connectivity index (χ1) is 3.81. The predicted molar refractivity (Wildman–Crippen MR) is 49.8 cm³/mol. The highest BCUT2D eigenvalue weighted by molar-refractivity contribution is 15.0. The summed E-state index contributed by atoms with van der Waals surface area (Å²) >= 11 is 4.24. The molecule has 0 rings (SSSR count). The van der Waals surface area contributed by atoms with Crippen molar-refractivity contribution in [3.05, 3.63) is 0 Å². The Kier molecular flexibility index (Phi) is 15.4. The Morgan fingerprint density at radius 1 is 1.25 bits per heavy atom. The van der Waals surface area contributed by atoms with Gasteiger partial charge in [0.15, 0.2) is 0 Å². The van der Waals surface area contributed by atoms with Crippen molar-refractivity contribution in [3.8, 4) is 0 Å². The van der Waals surface area contributed by atoms with Gasteiger partial charge in [-0.3, -0.25) is 0 Å². The smallest absolute Gasteiger partial charge is 0.379 e. The Balaban J connectivity index is 0. The standard InChI is InChI=1S/C3H7NO2.I2/c1-5-3(4)6-2;1-2/h4H,1-2H3;. The molecule has 0 aliphatic heterocycles. The van der Waals surface area contributed by atoms with Crippen LogP contribution in [0.15, 0.2) is 0 Å². The summed E-state index contributed by atoms with van der Waals surface area (Å²) < 4.78 is 8.52. The minimum absolute atomic E-state index is 0.157. The summed E-state index contributed by atoms with van der Waals surface area (Å²) in [6, 6.07) is 0. The molecule has 0 spiro atoms. The van der Waals surface area contributed by atoms with Crippen molar-refractivity contribution < 1.29 is 9.47 Å². The molecule has 0 atom stereocenters. The van der Waals surface area contributed by atoms with Crippen LogP contribution in [-0.2, 0) is 9.47 Å². The summed E-state index contributed by atoms with van der Waals surface area (Å²) in [5.74, 6) is 0. The van der Waals surface area contributed by atoms with Gasteiger partial charge in [-0.05, 0) is 0 Å². The van der Waals surface area contributed by atoms with Crippen molar-refractivity contribution in [1.29, 1.82) is 5.41 Å². The van der Waals surface area contributed by atoms with Crippen molar-refractivity contribution in [3.63, 3.8) is 0 Å². The maximum atomic E-state index is 6.54. The lowest BCUT2D eigenvalue weighted by molar-refractivity contribution is 0.238. The van der Waals surface area contributed by atoms with Crippen LogP contribution in [0.5, 0.6) is 0 Å². The molecule has 1 N–H and O–H groups in total. The largest absolute Gasteiger partial charge is 0.454 e. The van der Waals surface area contributed by atoms with E-state index >= 15 is 0 Å². The summed E-state index contributed by atoms with van der Waals surface area (Å²) in [5.41, 5.74) is 0. The van der Waals surface area contributed by atoms with Crippen LogP contribution < -0.4 is 0 Å². The Bertz CT molecular complexity index is 53.2. The molecule has 0 aromatic heterocycles. The number of halogens is 2. The molecule has 0 fully saturated rings. The molecule has 0 bridgehead atoms. The zero-order valence-electron chi connectivity index (χ0n) is 4.57. The number of ether oxygens (including phenoxy) is 2. The average Bonchev–Trinajstić information content (AvgIpc) is 1.91. The van der Waals surface area contributed by atoms with Gasteiger partial charge in [0, 0.05) is 37.2 Å². The first kappa shape index (κ1) is 11.5. The molecule has 0 amide bonds. The predicted octanol–water partition coefficient (Wildman–Crippen LogP) is 1.99. The maximum absolute atomic E-state index is 6.54. The van der Waals surface area contributed by atoms with Gasteiger partial charge in [-0.25, -0.2) is 5.41 Å². The highest BCUT2D eigenvalue weighted by Crippen LogP contribution is 1.89. The molecule has 0 heterocycles. The zero-order chi connectivity index (χ0) is 6.99. The van der Waals surface area contributed by atoms with Gasteiger partial charge in [-0.2, -0.15) is 0 Å². The normalized spacial score (nSPS) is 6.00. The molecule has 3 nitrogen and oxygen atoms in total. The monoisotopic (exact) mass is 343 g/mol. The van der Waals surface area contributed by atoms with Crippen molar-refractivity contribution in [2.75, 3.05) is 14.2 Å². The van der Waals surface area contributed by atoms with E-state index in [1.807, 2.05) is 0 Å². The van der Waals surface area contributed by atoms with E-state index in [1.54, 1.807) is 0 Å². The van der Waals surface area contributed by atoms with E-state index in [0.29, 0.717) is 0 Å². The van der Waals surface area contributed by atoms with Crippen LogP contribution in [0.2, 0.25) is 0 Å². The minimum atomic E-state index is -0.157. The highest BCUT2D eigenvalue weighted by Gasteiger charge is 1.81. The number of hydrogen-bond donors (Lipinski definition) is 1. The zero-order valence-corrected chi connectivity index (χ0v) is 8.89. The third-order valence-corrected chi connectivity index (χ3v) is 0.371. The molecule has 0 aromatic carbocycles. The second-order valence-electron chi connectivity index (χ2n) is 0.696. The third-order valence-electron chi connectivity index (χ3n) is 0.371. The number of hydrogen-bond acceptors (Lipinski definition) is 3. The summed E-state index contributed by atoms with van der Waals surface area (Å²) in [7, 11) is 2.76. The molecule has 0 radical (unpaired) electrons. The fourth-order valence-electron chi connectivity index (χ4n) is 0.0833. The second-order valence-corrected chi connectivity index (χ2v) is 0.696. The van der Waals surface area contributed by atoms with Crippen molar-refractivity contribution >= 4 is 43.3 Å². The lowest BCUT2D eigenvalue weighted by Gasteiger charge is -1.94. The molecular weight excluding hydrogens is 336 g/mol. The highest BCUT2D eigenvalue weighted by atomic mass is 128.